The van der Waals surface area contributed by atoms with Crippen LogP contribution < -0.4 is 5.32 Å². The van der Waals surface area contributed by atoms with Gasteiger partial charge in [0.25, 0.3) is 11.8 Å². The molecule has 1 aromatic rings. The van der Waals surface area contributed by atoms with Gasteiger partial charge < -0.3 is 10.2 Å². The fourth-order valence-electron chi connectivity index (χ4n) is 2.17. The highest BCUT2D eigenvalue weighted by molar-refractivity contribution is 6.19. The summed E-state index contributed by atoms with van der Waals surface area (Å²) in [6.07, 6.45) is 0. The fourth-order valence-corrected chi connectivity index (χ4v) is 2.17. The molecule has 2 amide bonds. The van der Waals surface area contributed by atoms with Crippen molar-refractivity contribution in [3.8, 4) is 0 Å². The second-order valence-electron chi connectivity index (χ2n) is 4.89. The van der Waals surface area contributed by atoms with Crippen molar-refractivity contribution in [1.29, 1.82) is 0 Å². The van der Waals surface area contributed by atoms with Gasteiger partial charge in [0, 0.05) is 11.6 Å². The summed E-state index contributed by atoms with van der Waals surface area (Å²) in [7, 11) is 0. The minimum absolute atomic E-state index is 0.0714. The first-order chi connectivity index (χ1) is 9.43. The Hall–Kier alpha value is -2.43. The molecule has 5 nitrogen and oxygen atoms in total. The summed E-state index contributed by atoms with van der Waals surface area (Å²) in [6, 6.07) is 7.02. The molecule has 1 N–H and O–H groups in total. The molecule has 104 valence electrons. The van der Waals surface area contributed by atoms with E-state index in [0.29, 0.717) is 5.56 Å². The van der Waals surface area contributed by atoms with Gasteiger partial charge in [0.15, 0.2) is 11.8 Å². The van der Waals surface area contributed by atoms with E-state index in [-0.39, 0.29) is 11.7 Å². The van der Waals surface area contributed by atoms with Crippen LogP contribution in [-0.4, -0.2) is 34.6 Å². The number of amides is 2. The molecule has 1 saturated heterocycles. The molecule has 1 fully saturated rings. The third kappa shape index (κ3) is 2.34. The predicted molar refractivity (Wildman–Crippen MR) is 73.8 cm³/mol. The van der Waals surface area contributed by atoms with Crippen molar-refractivity contribution in [3.63, 3.8) is 0 Å². The maximum absolute atomic E-state index is 12.4. The first-order valence-corrected chi connectivity index (χ1v) is 6.35. The van der Waals surface area contributed by atoms with E-state index < -0.39 is 23.6 Å². The number of piperazine rings is 1. The molecule has 0 spiro atoms. The molecular weight excluding hydrogens is 256 g/mol. The Labute approximate surface area is 117 Å². The van der Waals surface area contributed by atoms with E-state index in [4.69, 9.17) is 0 Å². The highest BCUT2D eigenvalue weighted by atomic mass is 16.2. The van der Waals surface area contributed by atoms with Gasteiger partial charge in [-0.3, -0.25) is 14.4 Å². The molecule has 0 aliphatic carbocycles. The van der Waals surface area contributed by atoms with E-state index >= 15 is 0 Å². The number of benzene rings is 1. The number of nitrogens with zero attached hydrogens (tertiary/aromatic N) is 1. The second kappa shape index (κ2) is 5.28. The van der Waals surface area contributed by atoms with Crippen molar-refractivity contribution in [2.45, 2.75) is 25.9 Å². The smallest absolute Gasteiger partial charge is 0.268 e. The first-order valence-electron chi connectivity index (χ1n) is 6.35. The van der Waals surface area contributed by atoms with Crippen molar-refractivity contribution in [2.24, 2.45) is 0 Å². The van der Waals surface area contributed by atoms with Crippen LogP contribution in [-0.2, 0) is 9.59 Å². The van der Waals surface area contributed by atoms with Gasteiger partial charge in [-0.2, -0.15) is 0 Å². The molecule has 1 aliphatic rings. The Morgan fingerprint density at radius 2 is 1.85 bits per heavy atom. The summed E-state index contributed by atoms with van der Waals surface area (Å²) >= 11 is 0. The van der Waals surface area contributed by atoms with E-state index in [0.717, 1.165) is 0 Å². The molecule has 1 aliphatic heterocycles. The number of carbonyl (C=O) groups excluding carboxylic acids is 3. The number of nitrogens with one attached hydrogen (secondary N) is 1. The van der Waals surface area contributed by atoms with Crippen LogP contribution in [0, 0.1) is 0 Å². The maximum atomic E-state index is 12.4. The molecule has 5 heteroatoms. The minimum atomic E-state index is -1.18. The highest BCUT2D eigenvalue weighted by Crippen LogP contribution is 2.18. The van der Waals surface area contributed by atoms with Gasteiger partial charge in [0.2, 0.25) is 0 Å². The maximum Gasteiger partial charge on any atom is 0.268 e. The molecule has 1 aromatic carbocycles. The second-order valence-corrected chi connectivity index (χ2v) is 4.89. The van der Waals surface area contributed by atoms with Crippen LogP contribution in [0.1, 0.15) is 24.2 Å². The summed E-state index contributed by atoms with van der Waals surface area (Å²) in [5.41, 5.74) is 0.462. The molecule has 2 rings (SSSR count). The summed E-state index contributed by atoms with van der Waals surface area (Å²) in [6.45, 7) is 7.14. The van der Waals surface area contributed by atoms with E-state index in [2.05, 4.69) is 11.9 Å². The highest BCUT2D eigenvalue weighted by Gasteiger charge is 2.41. The van der Waals surface area contributed by atoms with Crippen LogP contribution in [0.2, 0.25) is 0 Å². The molecule has 0 aromatic heterocycles. The lowest BCUT2D eigenvalue weighted by Gasteiger charge is -2.35. The fraction of sp³-hybridized carbons (Fsp3) is 0.267. The molecule has 20 heavy (non-hydrogen) atoms. The van der Waals surface area contributed by atoms with E-state index in [1.165, 1.54) is 4.90 Å². The van der Waals surface area contributed by atoms with Gasteiger partial charge in [-0.1, -0.05) is 36.9 Å². The third-order valence-electron chi connectivity index (χ3n) is 3.15. The number of rotatable bonds is 3. The lowest BCUT2D eigenvalue weighted by Crippen LogP contribution is -2.60. The van der Waals surface area contributed by atoms with Crippen LogP contribution in [0.5, 0.6) is 0 Å². The van der Waals surface area contributed by atoms with Gasteiger partial charge in [-0.25, -0.2) is 0 Å². The molecule has 0 bridgehead atoms. The topological polar surface area (TPSA) is 66.5 Å². The average Bonchev–Trinajstić information content (AvgIpc) is 2.43. The Kier molecular flexibility index (Phi) is 3.70. The quantitative estimate of drug-likeness (QED) is 0.509. The number of hydrogen-bond donors (Lipinski definition) is 1. The number of carbonyl (C=O) groups is 3. The SMILES string of the molecule is C=C1C(=O)N[C@@H](C(=O)c2ccccc2)C(=O)N1C(C)C. The molecule has 0 radical (unpaired) electrons. The standard InChI is InChI=1S/C15H16N2O3/c1-9(2)17-10(3)14(19)16-12(15(17)20)13(18)11-7-5-4-6-8-11/h4-9,12H,3H2,1-2H3,(H,16,19)/t12-/m0/s1. The summed E-state index contributed by atoms with van der Waals surface area (Å²) in [4.78, 5) is 37.8. The predicted octanol–water partition coefficient (Wildman–Crippen LogP) is 1.12. The monoisotopic (exact) mass is 272 g/mol. The van der Waals surface area contributed by atoms with Crippen molar-refractivity contribution >= 4 is 17.6 Å². The zero-order valence-electron chi connectivity index (χ0n) is 11.4. The zero-order chi connectivity index (χ0) is 14.9. The van der Waals surface area contributed by atoms with Crippen LogP contribution in [0.25, 0.3) is 0 Å². The van der Waals surface area contributed by atoms with E-state index in [1.807, 2.05) is 0 Å². The van der Waals surface area contributed by atoms with E-state index in [9.17, 15) is 14.4 Å². The molecule has 0 saturated carbocycles. The minimum Gasteiger partial charge on any atom is -0.332 e. The summed E-state index contributed by atoms with van der Waals surface area (Å²) in [5, 5.41) is 2.42. The molecular formula is C15H16N2O3. The number of ketones is 1. The molecule has 1 atom stereocenters. The average molecular weight is 272 g/mol. The van der Waals surface area contributed by atoms with Crippen LogP contribution in [0.3, 0.4) is 0 Å². The summed E-state index contributed by atoms with van der Waals surface area (Å²) in [5.74, 6) is -1.35. The van der Waals surface area contributed by atoms with Crippen molar-refractivity contribution < 1.29 is 14.4 Å². The Morgan fingerprint density at radius 1 is 1.25 bits per heavy atom. The first kappa shape index (κ1) is 14.0. The Morgan fingerprint density at radius 3 is 2.40 bits per heavy atom. The van der Waals surface area contributed by atoms with E-state index in [1.54, 1.807) is 44.2 Å². The van der Waals surface area contributed by atoms with Crippen LogP contribution in [0.4, 0.5) is 0 Å². The third-order valence-corrected chi connectivity index (χ3v) is 3.15. The van der Waals surface area contributed by atoms with Gasteiger partial charge in [0.1, 0.15) is 5.70 Å². The van der Waals surface area contributed by atoms with Gasteiger partial charge in [-0.15, -0.1) is 0 Å². The van der Waals surface area contributed by atoms with Gasteiger partial charge >= 0.3 is 0 Å². The summed E-state index contributed by atoms with van der Waals surface area (Å²) < 4.78 is 0. The van der Waals surface area contributed by atoms with Crippen molar-refractivity contribution in [3.05, 3.63) is 48.2 Å². The largest absolute Gasteiger partial charge is 0.332 e. The Bertz CT molecular complexity index is 578. The van der Waals surface area contributed by atoms with Crippen LogP contribution >= 0.6 is 0 Å². The molecule has 0 unspecified atom stereocenters. The van der Waals surface area contributed by atoms with Gasteiger partial charge in [0.05, 0.1) is 0 Å². The zero-order valence-corrected chi connectivity index (χ0v) is 11.4. The molecule has 1 heterocycles. The lowest BCUT2D eigenvalue weighted by molar-refractivity contribution is -0.140. The Balaban J connectivity index is 2.33. The van der Waals surface area contributed by atoms with Gasteiger partial charge in [-0.05, 0) is 13.8 Å². The number of Topliss-reactive ketones (excluding diaryl/α,β-unsaturated/α-hetero) is 1. The normalized spacial score (nSPS) is 19.2. The van der Waals surface area contributed by atoms with Crippen molar-refractivity contribution in [1.82, 2.24) is 10.2 Å². The van der Waals surface area contributed by atoms with Crippen LogP contribution in [0.15, 0.2) is 42.6 Å². The number of hydrogen-bond acceptors (Lipinski definition) is 3. The lowest BCUT2D eigenvalue weighted by atomic mass is 10.00. The van der Waals surface area contributed by atoms with Crippen molar-refractivity contribution in [2.75, 3.05) is 0 Å².